The highest BCUT2D eigenvalue weighted by Gasteiger charge is 2.29. The monoisotopic (exact) mass is 480 g/mol. The summed E-state index contributed by atoms with van der Waals surface area (Å²) in [5.41, 5.74) is 2.43. The molecule has 0 radical (unpaired) electrons. The summed E-state index contributed by atoms with van der Waals surface area (Å²) >= 11 is 0. The second kappa shape index (κ2) is 11.4. The zero-order valence-electron chi connectivity index (χ0n) is 20.5. The van der Waals surface area contributed by atoms with Gasteiger partial charge >= 0.3 is 6.03 Å². The smallest absolute Gasteiger partial charge is 0.317 e. The van der Waals surface area contributed by atoms with Crippen LogP contribution in [0.2, 0.25) is 0 Å². The normalized spacial score (nSPS) is 15.4. The highest BCUT2D eigenvalue weighted by molar-refractivity contribution is 5.74. The molecule has 186 valence electrons. The first-order chi connectivity index (χ1) is 17.0. The van der Waals surface area contributed by atoms with E-state index in [0.717, 1.165) is 29.8 Å². The van der Waals surface area contributed by atoms with Crippen molar-refractivity contribution in [3.05, 3.63) is 71.7 Å². The molecule has 35 heavy (non-hydrogen) atoms. The van der Waals surface area contributed by atoms with Gasteiger partial charge in [0.1, 0.15) is 11.6 Å². The average Bonchev–Trinajstić information content (AvgIpc) is 3.48. The molecule has 3 aromatic rings. The third-order valence-electron chi connectivity index (χ3n) is 5.94. The highest BCUT2D eigenvalue weighted by Crippen LogP contribution is 2.35. The van der Waals surface area contributed by atoms with E-state index in [2.05, 4.69) is 19.2 Å². The average molecular weight is 481 g/mol. The van der Waals surface area contributed by atoms with Gasteiger partial charge in [-0.2, -0.15) is 5.10 Å². The van der Waals surface area contributed by atoms with Crippen LogP contribution >= 0.6 is 0 Å². The number of rotatable bonds is 9. The number of amides is 2. The van der Waals surface area contributed by atoms with Crippen molar-refractivity contribution in [1.82, 2.24) is 20.0 Å². The highest BCUT2D eigenvalue weighted by atomic mass is 19.1. The summed E-state index contributed by atoms with van der Waals surface area (Å²) in [6, 6.07) is 15.5. The largest absolute Gasteiger partial charge is 0.438 e. The molecule has 1 fully saturated rings. The molecule has 7 nitrogen and oxygen atoms in total. The second-order valence-electron chi connectivity index (χ2n) is 8.98. The zero-order valence-corrected chi connectivity index (χ0v) is 20.5. The van der Waals surface area contributed by atoms with Gasteiger partial charge in [0.05, 0.1) is 29.6 Å². The Bertz CT molecular complexity index is 1130. The van der Waals surface area contributed by atoms with Gasteiger partial charge in [-0.25, -0.2) is 13.9 Å². The van der Waals surface area contributed by atoms with Crippen LogP contribution in [0.4, 0.5) is 9.18 Å². The molecule has 2 amide bonds. The third kappa shape index (κ3) is 6.00. The van der Waals surface area contributed by atoms with Crippen LogP contribution in [0.5, 0.6) is 11.6 Å². The van der Waals surface area contributed by atoms with Gasteiger partial charge in [0.15, 0.2) is 0 Å². The van der Waals surface area contributed by atoms with Crippen LogP contribution in [0.1, 0.15) is 50.8 Å². The van der Waals surface area contributed by atoms with Crippen molar-refractivity contribution >= 4 is 6.03 Å². The van der Waals surface area contributed by atoms with Crippen molar-refractivity contribution in [3.8, 4) is 17.3 Å². The van der Waals surface area contributed by atoms with Gasteiger partial charge in [0.2, 0.25) is 5.88 Å². The van der Waals surface area contributed by atoms with Gasteiger partial charge in [-0.05, 0) is 49.9 Å². The first kappa shape index (κ1) is 24.7. The molecule has 1 aliphatic heterocycles. The molecule has 0 aliphatic carbocycles. The minimum atomic E-state index is -0.388. The molecular formula is C27H33FN4O3. The molecule has 1 atom stereocenters. The Balaban J connectivity index is 1.79. The molecule has 4 rings (SSSR count). The topological polar surface area (TPSA) is 68.6 Å². The van der Waals surface area contributed by atoms with E-state index in [1.807, 2.05) is 37.3 Å². The molecule has 8 heteroatoms. The third-order valence-corrected chi connectivity index (χ3v) is 5.94. The SMILES string of the molecule is CCNC(=O)N(Cc1c(C(C)C)nn(-c2ccccc2)c1Oc1cccc(F)c1)C[C@@H]1CCCO1. The minimum Gasteiger partial charge on any atom is -0.438 e. The van der Waals surface area contributed by atoms with Crippen molar-refractivity contribution in [2.45, 2.75) is 52.2 Å². The number of ether oxygens (including phenoxy) is 2. The van der Waals surface area contributed by atoms with Crippen molar-refractivity contribution < 1.29 is 18.7 Å². The van der Waals surface area contributed by atoms with Crippen LogP contribution < -0.4 is 10.1 Å². The van der Waals surface area contributed by atoms with E-state index in [4.69, 9.17) is 14.6 Å². The molecule has 0 bridgehead atoms. The number of carbonyl (C=O) groups excluding carboxylic acids is 1. The second-order valence-corrected chi connectivity index (χ2v) is 8.98. The quantitative estimate of drug-likeness (QED) is 0.431. The number of benzene rings is 2. The van der Waals surface area contributed by atoms with E-state index in [0.29, 0.717) is 31.3 Å². The van der Waals surface area contributed by atoms with Gasteiger partial charge in [0.25, 0.3) is 0 Å². The van der Waals surface area contributed by atoms with E-state index in [9.17, 15) is 9.18 Å². The van der Waals surface area contributed by atoms with Gasteiger partial charge in [-0.15, -0.1) is 0 Å². The first-order valence-electron chi connectivity index (χ1n) is 12.2. The molecule has 2 heterocycles. The van der Waals surface area contributed by atoms with Crippen molar-refractivity contribution in [3.63, 3.8) is 0 Å². The van der Waals surface area contributed by atoms with Gasteiger partial charge in [-0.3, -0.25) is 0 Å². The summed E-state index contributed by atoms with van der Waals surface area (Å²) in [6.45, 7) is 8.01. The lowest BCUT2D eigenvalue weighted by Gasteiger charge is -2.26. The number of urea groups is 1. The summed E-state index contributed by atoms with van der Waals surface area (Å²) in [4.78, 5) is 14.8. The molecule has 1 aliphatic rings. The Morgan fingerprint density at radius 3 is 2.71 bits per heavy atom. The number of halogens is 1. The van der Waals surface area contributed by atoms with Gasteiger partial charge in [0, 0.05) is 25.8 Å². The lowest BCUT2D eigenvalue weighted by Crippen LogP contribution is -2.43. The maximum atomic E-state index is 14.0. The Morgan fingerprint density at radius 2 is 2.06 bits per heavy atom. The van der Waals surface area contributed by atoms with Crippen molar-refractivity contribution in [1.29, 1.82) is 0 Å². The summed E-state index contributed by atoms with van der Waals surface area (Å²) < 4.78 is 27.8. The number of nitrogens with zero attached hydrogens (tertiary/aromatic N) is 3. The molecule has 2 aromatic carbocycles. The fraction of sp³-hybridized carbons (Fsp3) is 0.407. The van der Waals surface area contributed by atoms with Crippen LogP contribution in [-0.4, -0.2) is 46.5 Å². The maximum absolute atomic E-state index is 14.0. The van der Waals surface area contributed by atoms with E-state index in [-0.39, 0.29) is 30.4 Å². The summed E-state index contributed by atoms with van der Waals surface area (Å²) in [7, 11) is 0. The van der Waals surface area contributed by atoms with Crippen LogP contribution in [0.25, 0.3) is 5.69 Å². The Morgan fingerprint density at radius 1 is 1.26 bits per heavy atom. The number of carbonyl (C=O) groups is 1. The van der Waals surface area contributed by atoms with E-state index < -0.39 is 0 Å². The predicted octanol–water partition coefficient (Wildman–Crippen LogP) is 5.64. The van der Waals surface area contributed by atoms with Crippen LogP contribution in [0, 0.1) is 5.82 Å². The number of hydrogen-bond donors (Lipinski definition) is 1. The van der Waals surface area contributed by atoms with Crippen molar-refractivity contribution in [2.75, 3.05) is 19.7 Å². The molecule has 1 N–H and O–H groups in total. The fourth-order valence-corrected chi connectivity index (χ4v) is 4.26. The number of aromatic nitrogens is 2. The predicted molar refractivity (Wildman–Crippen MR) is 133 cm³/mol. The molecule has 1 saturated heterocycles. The molecule has 0 spiro atoms. The molecular weight excluding hydrogens is 447 g/mol. The molecule has 0 unspecified atom stereocenters. The van der Waals surface area contributed by atoms with Crippen molar-refractivity contribution in [2.24, 2.45) is 0 Å². The maximum Gasteiger partial charge on any atom is 0.317 e. The summed E-state index contributed by atoms with van der Waals surface area (Å²) in [6.07, 6.45) is 1.91. The summed E-state index contributed by atoms with van der Waals surface area (Å²) in [5, 5.41) is 7.81. The van der Waals surface area contributed by atoms with E-state index in [1.165, 1.54) is 12.1 Å². The standard InChI is InChI=1S/C27H33FN4O3/c1-4-29-27(33)31(17-23-14-9-15-34-23)18-24-25(19(2)3)30-32(21-11-6-5-7-12-21)26(24)35-22-13-8-10-20(28)16-22/h5-8,10-13,16,19,23H,4,9,14-15,17-18H2,1-3H3,(H,29,33)/t23-/m0/s1. The van der Waals surface area contributed by atoms with E-state index in [1.54, 1.807) is 21.7 Å². The lowest BCUT2D eigenvalue weighted by molar-refractivity contribution is 0.0793. The van der Waals surface area contributed by atoms with Crippen LogP contribution in [-0.2, 0) is 11.3 Å². The van der Waals surface area contributed by atoms with Crippen LogP contribution in [0.15, 0.2) is 54.6 Å². The Hall–Kier alpha value is -3.39. The number of para-hydroxylation sites is 1. The Labute approximate surface area is 205 Å². The van der Waals surface area contributed by atoms with Gasteiger partial charge in [-0.1, -0.05) is 38.1 Å². The zero-order chi connectivity index (χ0) is 24.8. The number of hydrogen-bond acceptors (Lipinski definition) is 4. The minimum absolute atomic E-state index is 0.00291. The fourth-order valence-electron chi connectivity index (χ4n) is 4.26. The van der Waals surface area contributed by atoms with Crippen LogP contribution in [0.3, 0.4) is 0 Å². The van der Waals surface area contributed by atoms with E-state index >= 15 is 0 Å². The van der Waals surface area contributed by atoms with Gasteiger partial charge < -0.3 is 19.7 Å². The molecule has 0 saturated carbocycles. The Kier molecular flexibility index (Phi) is 8.02. The molecule has 1 aromatic heterocycles. The summed E-state index contributed by atoms with van der Waals surface area (Å²) in [5.74, 6) is 0.513. The lowest BCUT2D eigenvalue weighted by atomic mass is 10.1. The number of nitrogens with one attached hydrogen (secondary N) is 1. The first-order valence-corrected chi connectivity index (χ1v) is 12.2.